The van der Waals surface area contributed by atoms with Gasteiger partial charge >= 0.3 is 59.5 Å². The molecule has 3 heteroatoms. The summed E-state index contributed by atoms with van der Waals surface area (Å²) < 4.78 is 1.80. The third-order valence-corrected chi connectivity index (χ3v) is 6.46. The van der Waals surface area contributed by atoms with E-state index in [-0.39, 0.29) is 24.8 Å². The molecule has 0 aromatic heterocycles. The zero-order valence-corrected chi connectivity index (χ0v) is 19.3. The number of fused-ring (bicyclic) bond motifs is 3. The van der Waals surface area contributed by atoms with E-state index in [2.05, 4.69) is 66.8 Å². The molecule has 2 aliphatic carbocycles. The van der Waals surface area contributed by atoms with Gasteiger partial charge in [-0.3, -0.25) is 0 Å². The van der Waals surface area contributed by atoms with Crippen molar-refractivity contribution in [3.8, 4) is 0 Å². The van der Waals surface area contributed by atoms with Gasteiger partial charge in [-0.1, -0.05) is 65.8 Å². The number of allylic oxidation sites excluding steroid dienone is 4. The van der Waals surface area contributed by atoms with Gasteiger partial charge < -0.3 is 24.8 Å². The van der Waals surface area contributed by atoms with Crippen molar-refractivity contribution in [1.82, 2.24) is 0 Å². The molecular formula is C24H23Cl2Zr-. The molecule has 0 N–H and O–H groups in total. The molecule has 0 amide bonds. The van der Waals surface area contributed by atoms with Gasteiger partial charge in [-0.25, -0.2) is 0 Å². The van der Waals surface area contributed by atoms with E-state index in [1.165, 1.54) is 64.8 Å². The van der Waals surface area contributed by atoms with Crippen molar-refractivity contribution in [2.45, 2.75) is 38.5 Å². The van der Waals surface area contributed by atoms with Gasteiger partial charge in [-0.2, -0.15) is 0 Å². The SMILES string of the molecule is C1=CCC(c2cccc3c2[cH-]c2ccccc23)=C1.[Cl-].[Cl-].[Zr+2]=[C]1CCCCC1. The summed E-state index contributed by atoms with van der Waals surface area (Å²) in [5, 5.41) is 5.46. The Labute approximate surface area is 189 Å². The Kier molecular flexibility index (Phi) is 8.81. The fraction of sp³-hybridized carbons (Fsp3) is 0.250. The van der Waals surface area contributed by atoms with Crippen LogP contribution in [0.5, 0.6) is 0 Å². The Morgan fingerprint density at radius 3 is 2.22 bits per heavy atom. The van der Waals surface area contributed by atoms with Crippen molar-refractivity contribution < 1.29 is 49.0 Å². The van der Waals surface area contributed by atoms with Crippen molar-refractivity contribution >= 4 is 30.3 Å². The fourth-order valence-corrected chi connectivity index (χ4v) is 4.75. The molecule has 1 saturated carbocycles. The molecule has 0 unspecified atom stereocenters. The Balaban J connectivity index is 0.000000250. The van der Waals surface area contributed by atoms with Crippen molar-refractivity contribution in [3.05, 3.63) is 72.3 Å². The van der Waals surface area contributed by atoms with Crippen LogP contribution in [-0.2, 0) is 24.2 Å². The molecule has 27 heavy (non-hydrogen) atoms. The molecule has 0 heterocycles. The first-order valence-corrected chi connectivity index (χ1v) is 10.6. The van der Waals surface area contributed by atoms with Crippen molar-refractivity contribution in [1.29, 1.82) is 0 Å². The van der Waals surface area contributed by atoms with E-state index in [9.17, 15) is 0 Å². The Morgan fingerprint density at radius 1 is 0.815 bits per heavy atom. The average Bonchev–Trinajstić information content (AvgIpc) is 3.30. The number of hydrogen-bond acceptors (Lipinski definition) is 0. The molecular weight excluding hydrogens is 450 g/mol. The molecule has 1 fully saturated rings. The van der Waals surface area contributed by atoms with Crippen molar-refractivity contribution in [2.24, 2.45) is 0 Å². The Hall–Kier alpha value is -0.877. The van der Waals surface area contributed by atoms with Crippen molar-refractivity contribution in [3.63, 3.8) is 0 Å². The minimum atomic E-state index is 0. The second kappa shape index (κ2) is 10.6. The summed E-state index contributed by atoms with van der Waals surface area (Å²) in [5.41, 5.74) is 2.81. The minimum absolute atomic E-state index is 0. The first kappa shape index (κ1) is 22.4. The average molecular weight is 474 g/mol. The summed E-state index contributed by atoms with van der Waals surface area (Å²) in [4.78, 5) is 0. The van der Waals surface area contributed by atoms with Gasteiger partial charge in [0.2, 0.25) is 0 Å². The summed E-state index contributed by atoms with van der Waals surface area (Å²) in [6.45, 7) is 0. The van der Waals surface area contributed by atoms with Crippen LogP contribution in [0.1, 0.15) is 44.1 Å². The van der Waals surface area contributed by atoms with Crippen LogP contribution < -0.4 is 24.8 Å². The van der Waals surface area contributed by atoms with E-state index in [1.807, 2.05) is 0 Å². The molecule has 0 aliphatic heterocycles. The van der Waals surface area contributed by atoms with Gasteiger partial charge in [-0.05, 0) is 6.42 Å². The Bertz CT molecular complexity index is 970. The van der Waals surface area contributed by atoms with Crippen LogP contribution in [0.4, 0.5) is 0 Å². The third kappa shape index (κ3) is 5.14. The van der Waals surface area contributed by atoms with E-state index >= 15 is 0 Å². The number of rotatable bonds is 1. The topological polar surface area (TPSA) is 0 Å². The predicted octanol–water partition coefficient (Wildman–Crippen LogP) is 0.733. The zero-order chi connectivity index (χ0) is 17.1. The summed E-state index contributed by atoms with van der Waals surface area (Å²) in [7, 11) is 0. The molecule has 0 atom stereocenters. The van der Waals surface area contributed by atoms with E-state index < -0.39 is 0 Å². The molecule has 2 aliphatic rings. The standard InChI is InChI=1S/C18H13.C6H10.2ClH.Zr/c1-2-7-13(6-1)15-10-5-11-17-16-9-4-3-8-14(16)12-18(15)17;1-2-4-6-5-3-1;;;/h1-6,8-12H,7H2;1-5H2;2*1H;/q-1;;;;+2/p-2. The van der Waals surface area contributed by atoms with Gasteiger partial charge in [0, 0.05) is 0 Å². The van der Waals surface area contributed by atoms with Gasteiger partial charge in [0.25, 0.3) is 0 Å². The first-order valence-electron chi connectivity index (χ1n) is 9.32. The molecule has 138 valence electrons. The van der Waals surface area contributed by atoms with E-state index in [0.717, 1.165) is 6.42 Å². The third-order valence-electron chi connectivity index (χ3n) is 5.23. The number of benzene rings is 2. The molecule has 3 aromatic carbocycles. The summed E-state index contributed by atoms with van der Waals surface area (Å²) in [6.07, 6.45) is 15.0. The predicted molar refractivity (Wildman–Crippen MR) is 107 cm³/mol. The quantitative estimate of drug-likeness (QED) is 0.458. The van der Waals surface area contributed by atoms with Gasteiger partial charge in [0.05, 0.1) is 0 Å². The van der Waals surface area contributed by atoms with Crippen LogP contribution in [0.15, 0.2) is 66.8 Å². The van der Waals surface area contributed by atoms with Crippen LogP contribution in [-0.4, -0.2) is 3.21 Å². The second-order valence-electron chi connectivity index (χ2n) is 6.99. The van der Waals surface area contributed by atoms with Crippen LogP contribution >= 0.6 is 0 Å². The Morgan fingerprint density at radius 2 is 1.56 bits per heavy atom. The maximum atomic E-state index is 2.32. The van der Waals surface area contributed by atoms with E-state index in [0.29, 0.717) is 0 Å². The van der Waals surface area contributed by atoms with Gasteiger partial charge in [0.1, 0.15) is 0 Å². The number of halogens is 2. The first-order chi connectivity index (χ1) is 12.3. The second-order valence-corrected chi connectivity index (χ2v) is 8.72. The fourth-order valence-electron chi connectivity index (χ4n) is 3.88. The van der Waals surface area contributed by atoms with Crippen LogP contribution in [0.3, 0.4) is 0 Å². The maximum absolute atomic E-state index is 2.32. The van der Waals surface area contributed by atoms with Crippen LogP contribution in [0.2, 0.25) is 0 Å². The monoisotopic (exact) mass is 471 g/mol. The van der Waals surface area contributed by atoms with E-state index in [4.69, 9.17) is 0 Å². The molecule has 0 radical (unpaired) electrons. The van der Waals surface area contributed by atoms with Gasteiger partial charge in [0.15, 0.2) is 0 Å². The molecule has 3 aromatic rings. The zero-order valence-electron chi connectivity index (χ0n) is 15.3. The van der Waals surface area contributed by atoms with E-state index in [1.54, 1.807) is 27.4 Å². The van der Waals surface area contributed by atoms with Gasteiger partial charge in [-0.15, -0.1) is 33.7 Å². The molecule has 0 spiro atoms. The normalized spacial score (nSPS) is 15.6. The van der Waals surface area contributed by atoms with Crippen molar-refractivity contribution in [2.75, 3.05) is 0 Å². The van der Waals surface area contributed by atoms with Crippen LogP contribution in [0, 0.1) is 0 Å². The molecule has 0 bridgehead atoms. The summed E-state index contributed by atoms with van der Waals surface area (Å²) >= 11 is 1.69. The molecule has 5 rings (SSSR count). The van der Waals surface area contributed by atoms with Crippen LogP contribution in [0.25, 0.3) is 27.1 Å². The number of hydrogen-bond donors (Lipinski definition) is 0. The molecule has 0 nitrogen and oxygen atoms in total. The summed E-state index contributed by atoms with van der Waals surface area (Å²) in [6, 6.07) is 17.6. The molecule has 0 saturated heterocycles. The summed E-state index contributed by atoms with van der Waals surface area (Å²) in [5.74, 6) is 0.